The Morgan fingerprint density at radius 1 is 1.03 bits per heavy atom. The molecule has 2 aromatic carbocycles. The van der Waals surface area contributed by atoms with Crippen molar-refractivity contribution < 1.29 is 9.13 Å². The van der Waals surface area contributed by atoms with Crippen LogP contribution in [0.3, 0.4) is 0 Å². The van der Waals surface area contributed by atoms with Gasteiger partial charge in [0.2, 0.25) is 0 Å². The topological polar surface area (TPSA) is 47.4 Å². The predicted molar refractivity (Wildman–Crippen MR) is 114 cm³/mol. The summed E-state index contributed by atoms with van der Waals surface area (Å²) in [6.07, 6.45) is 0.854. The maximum atomic E-state index is 14.0. The zero-order valence-electron chi connectivity index (χ0n) is 16.2. The summed E-state index contributed by atoms with van der Waals surface area (Å²) in [4.78, 5) is 20.2. The molecule has 0 N–H and O–H groups in total. The highest BCUT2D eigenvalue weighted by molar-refractivity contribution is 7.98. The first-order valence-corrected chi connectivity index (χ1v) is 10.9. The molecule has 0 aliphatic carbocycles. The number of para-hydroxylation sites is 1. The van der Waals surface area contributed by atoms with Crippen LogP contribution in [-0.4, -0.2) is 47.3 Å². The average molecular weight is 414 g/mol. The Morgan fingerprint density at radius 3 is 2.62 bits per heavy atom. The number of hydrogen-bond acceptors (Lipinski definition) is 5. The number of morpholine rings is 1. The molecule has 1 aliphatic heterocycles. The molecule has 2 heterocycles. The van der Waals surface area contributed by atoms with E-state index in [1.54, 1.807) is 16.7 Å². The summed E-state index contributed by atoms with van der Waals surface area (Å²) >= 11 is 1.41. The van der Waals surface area contributed by atoms with Crippen LogP contribution in [0.15, 0.2) is 58.5 Å². The van der Waals surface area contributed by atoms with Gasteiger partial charge in [-0.2, -0.15) is 0 Å². The molecule has 1 saturated heterocycles. The highest BCUT2D eigenvalue weighted by Gasteiger charge is 2.14. The molecular weight excluding hydrogens is 389 g/mol. The van der Waals surface area contributed by atoms with E-state index in [1.807, 2.05) is 30.3 Å². The highest BCUT2D eigenvalue weighted by atomic mass is 32.2. The maximum Gasteiger partial charge on any atom is 0.262 e. The lowest BCUT2D eigenvalue weighted by Crippen LogP contribution is -2.37. The van der Waals surface area contributed by atoms with Crippen molar-refractivity contribution >= 4 is 22.7 Å². The first-order chi connectivity index (χ1) is 14.2. The molecule has 0 atom stereocenters. The highest BCUT2D eigenvalue weighted by Crippen LogP contribution is 2.23. The van der Waals surface area contributed by atoms with Crippen molar-refractivity contribution in [3.05, 3.63) is 70.3 Å². The number of aromatic nitrogens is 2. The van der Waals surface area contributed by atoms with E-state index in [0.29, 0.717) is 33.9 Å². The molecule has 5 nitrogen and oxygen atoms in total. The SMILES string of the molecule is O=c1c2ccccc2nc(SCc2ccccc2F)n1CCCN1CCOCC1. The molecular formula is C22H24FN3O2S. The van der Waals surface area contributed by atoms with E-state index in [4.69, 9.17) is 9.72 Å². The third-order valence-corrected chi connectivity index (χ3v) is 6.13. The molecule has 0 bridgehead atoms. The van der Waals surface area contributed by atoms with Gasteiger partial charge in [-0.1, -0.05) is 42.1 Å². The Balaban J connectivity index is 1.56. The Kier molecular flexibility index (Phi) is 6.59. The van der Waals surface area contributed by atoms with Gasteiger partial charge in [-0.3, -0.25) is 14.3 Å². The van der Waals surface area contributed by atoms with E-state index in [-0.39, 0.29) is 11.4 Å². The van der Waals surface area contributed by atoms with Crippen molar-refractivity contribution in [1.29, 1.82) is 0 Å². The minimum Gasteiger partial charge on any atom is -0.379 e. The van der Waals surface area contributed by atoms with Crippen LogP contribution in [0.1, 0.15) is 12.0 Å². The van der Waals surface area contributed by atoms with Crippen molar-refractivity contribution in [2.24, 2.45) is 0 Å². The van der Waals surface area contributed by atoms with Crippen molar-refractivity contribution in [3.8, 4) is 0 Å². The van der Waals surface area contributed by atoms with Gasteiger partial charge in [0.1, 0.15) is 5.82 Å². The fourth-order valence-corrected chi connectivity index (χ4v) is 4.50. The number of halogens is 1. The molecule has 0 saturated carbocycles. The van der Waals surface area contributed by atoms with Crippen LogP contribution in [0, 0.1) is 5.82 Å². The van der Waals surface area contributed by atoms with E-state index in [9.17, 15) is 9.18 Å². The number of thioether (sulfide) groups is 1. The second kappa shape index (κ2) is 9.52. The quantitative estimate of drug-likeness (QED) is 0.438. The molecule has 7 heteroatoms. The number of nitrogens with zero attached hydrogens (tertiary/aromatic N) is 3. The molecule has 0 amide bonds. The summed E-state index contributed by atoms with van der Waals surface area (Å²) < 4.78 is 21.2. The standard InChI is InChI=1S/C22H24FN3O2S/c23-19-8-3-1-6-17(19)16-29-22-24-20-9-4-2-7-18(20)21(27)26(22)11-5-10-25-12-14-28-15-13-25/h1-4,6-9H,5,10-16H2. The van der Waals surface area contributed by atoms with Crippen LogP contribution >= 0.6 is 11.8 Å². The Morgan fingerprint density at radius 2 is 1.79 bits per heavy atom. The zero-order chi connectivity index (χ0) is 20.1. The van der Waals surface area contributed by atoms with Crippen molar-refractivity contribution in [2.45, 2.75) is 23.9 Å². The minimum absolute atomic E-state index is 0.0337. The molecule has 1 fully saturated rings. The second-order valence-electron chi connectivity index (χ2n) is 7.06. The van der Waals surface area contributed by atoms with E-state index in [0.717, 1.165) is 39.3 Å². The largest absolute Gasteiger partial charge is 0.379 e. The summed E-state index contributed by atoms with van der Waals surface area (Å²) in [5, 5.41) is 1.26. The molecule has 4 rings (SSSR count). The average Bonchev–Trinajstić information content (AvgIpc) is 2.76. The van der Waals surface area contributed by atoms with Crippen LogP contribution in [-0.2, 0) is 17.0 Å². The number of ether oxygens (including phenoxy) is 1. The van der Waals surface area contributed by atoms with Crippen molar-refractivity contribution in [1.82, 2.24) is 14.5 Å². The summed E-state index contributed by atoms with van der Waals surface area (Å²) in [5.41, 5.74) is 1.26. The van der Waals surface area contributed by atoms with Crippen LogP contribution in [0.5, 0.6) is 0 Å². The number of rotatable bonds is 7. The van der Waals surface area contributed by atoms with Gasteiger partial charge in [0.15, 0.2) is 5.16 Å². The monoisotopic (exact) mass is 413 g/mol. The van der Waals surface area contributed by atoms with Crippen LogP contribution in [0.4, 0.5) is 4.39 Å². The molecule has 152 valence electrons. The molecule has 0 radical (unpaired) electrons. The lowest BCUT2D eigenvalue weighted by Gasteiger charge is -2.26. The second-order valence-corrected chi connectivity index (χ2v) is 8.00. The minimum atomic E-state index is -0.234. The Bertz CT molecular complexity index is 1030. The third kappa shape index (κ3) is 4.86. The van der Waals surface area contributed by atoms with Crippen molar-refractivity contribution in [3.63, 3.8) is 0 Å². The van der Waals surface area contributed by atoms with E-state index < -0.39 is 0 Å². The number of fused-ring (bicyclic) bond motifs is 1. The summed E-state index contributed by atoms with van der Waals surface area (Å²) in [6.45, 7) is 4.90. The van der Waals surface area contributed by atoms with Gasteiger partial charge in [-0.15, -0.1) is 0 Å². The summed E-state index contributed by atoms with van der Waals surface area (Å²) in [6, 6.07) is 14.1. The van der Waals surface area contributed by atoms with Crippen LogP contribution < -0.4 is 5.56 Å². The van der Waals surface area contributed by atoms with Gasteiger partial charge in [-0.05, 0) is 30.2 Å². The first kappa shape index (κ1) is 20.1. The molecule has 3 aromatic rings. The van der Waals surface area contributed by atoms with Gasteiger partial charge in [0, 0.05) is 31.9 Å². The third-order valence-electron chi connectivity index (χ3n) is 5.10. The van der Waals surface area contributed by atoms with Gasteiger partial charge in [0.25, 0.3) is 5.56 Å². The molecule has 1 aromatic heterocycles. The lowest BCUT2D eigenvalue weighted by molar-refractivity contribution is 0.0368. The predicted octanol–water partition coefficient (Wildman–Crippen LogP) is 3.55. The first-order valence-electron chi connectivity index (χ1n) is 9.88. The van der Waals surface area contributed by atoms with Gasteiger partial charge in [-0.25, -0.2) is 9.37 Å². The van der Waals surface area contributed by atoms with Gasteiger partial charge >= 0.3 is 0 Å². The zero-order valence-corrected chi connectivity index (χ0v) is 17.0. The smallest absolute Gasteiger partial charge is 0.262 e. The van der Waals surface area contributed by atoms with Gasteiger partial charge < -0.3 is 4.74 Å². The normalized spacial score (nSPS) is 15.1. The maximum absolute atomic E-state index is 14.0. The summed E-state index contributed by atoms with van der Waals surface area (Å²) in [5.74, 6) is 0.197. The van der Waals surface area contributed by atoms with E-state index in [2.05, 4.69) is 4.90 Å². The molecule has 0 unspecified atom stereocenters. The lowest BCUT2D eigenvalue weighted by atomic mass is 10.2. The number of benzene rings is 2. The molecule has 1 aliphatic rings. The van der Waals surface area contributed by atoms with E-state index in [1.165, 1.54) is 17.8 Å². The van der Waals surface area contributed by atoms with Crippen LogP contribution in [0.2, 0.25) is 0 Å². The van der Waals surface area contributed by atoms with E-state index >= 15 is 0 Å². The van der Waals surface area contributed by atoms with Gasteiger partial charge in [0.05, 0.1) is 24.1 Å². The molecule has 29 heavy (non-hydrogen) atoms. The Labute approximate surface area is 173 Å². The van der Waals surface area contributed by atoms with Crippen molar-refractivity contribution in [2.75, 3.05) is 32.8 Å². The summed E-state index contributed by atoms with van der Waals surface area (Å²) in [7, 11) is 0. The molecule has 0 spiro atoms. The number of hydrogen-bond donors (Lipinski definition) is 0. The fourth-order valence-electron chi connectivity index (χ4n) is 3.49. The fraction of sp³-hybridized carbons (Fsp3) is 0.364. The Hall–Kier alpha value is -2.22. The van der Waals surface area contributed by atoms with Crippen LogP contribution in [0.25, 0.3) is 10.9 Å².